The second-order valence-electron chi connectivity index (χ2n) is 8.59. The summed E-state index contributed by atoms with van der Waals surface area (Å²) < 4.78 is 16.4. The Bertz CT molecular complexity index is 765. The zero-order valence-electron chi connectivity index (χ0n) is 19.3. The van der Waals surface area contributed by atoms with Crippen LogP contribution in [0.1, 0.15) is 61.7 Å². The number of piperidine rings is 1. The summed E-state index contributed by atoms with van der Waals surface area (Å²) >= 11 is 0. The van der Waals surface area contributed by atoms with Gasteiger partial charge in [0.25, 0.3) is 5.91 Å². The highest BCUT2D eigenvalue weighted by molar-refractivity contribution is 5.95. The molecule has 0 spiro atoms. The molecule has 1 aromatic rings. The quantitative estimate of drug-likeness (QED) is 0.574. The van der Waals surface area contributed by atoms with Crippen LogP contribution in [0.3, 0.4) is 0 Å². The SMILES string of the molecule is COCCCOc1cc(C(=O)N(C2CCCCC2)[C@@H]2CCCN(C(=O)O)C2)ccc1OC. The number of benzene rings is 1. The molecule has 2 aliphatic rings. The van der Waals surface area contributed by atoms with Crippen LogP contribution in [0.15, 0.2) is 18.2 Å². The van der Waals surface area contributed by atoms with Crippen molar-refractivity contribution >= 4 is 12.0 Å². The highest BCUT2D eigenvalue weighted by Crippen LogP contribution is 2.32. The van der Waals surface area contributed by atoms with E-state index in [1.165, 1.54) is 11.3 Å². The van der Waals surface area contributed by atoms with Crippen molar-refractivity contribution in [3.8, 4) is 11.5 Å². The number of carbonyl (C=O) groups excluding carboxylic acids is 1. The highest BCUT2D eigenvalue weighted by Gasteiger charge is 2.36. The molecule has 1 saturated heterocycles. The number of ether oxygens (including phenoxy) is 3. The molecular formula is C24H36N2O6. The standard InChI is InChI=1S/C24H36N2O6/c1-30-14-7-15-32-22-16-18(11-12-21(22)31-2)23(27)26(19-8-4-3-5-9-19)20-10-6-13-25(17-20)24(28)29/h11-12,16,19-20H,3-10,13-15,17H2,1-2H3,(H,28,29)/t20-/m1/s1. The Morgan fingerprint density at radius 2 is 1.78 bits per heavy atom. The van der Waals surface area contributed by atoms with Gasteiger partial charge in [0.15, 0.2) is 11.5 Å². The molecule has 1 aromatic carbocycles. The third-order valence-corrected chi connectivity index (χ3v) is 6.42. The summed E-state index contributed by atoms with van der Waals surface area (Å²) in [5.74, 6) is 1.06. The van der Waals surface area contributed by atoms with Crippen molar-refractivity contribution in [2.24, 2.45) is 0 Å². The number of hydrogen-bond acceptors (Lipinski definition) is 5. The summed E-state index contributed by atoms with van der Waals surface area (Å²) in [6.07, 6.45) is 6.72. The van der Waals surface area contributed by atoms with Crippen LogP contribution < -0.4 is 9.47 Å². The van der Waals surface area contributed by atoms with E-state index in [1.54, 1.807) is 32.4 Å². The van der Waals surface area contributed by atoms with Gasteiger partial charge in [0.05, 0.1) is 19.8 Å². The topological polar surface area (TPSA) is 88.5 Å². The Hall–Kier alpha value is -2.48. The molecule has 2 fully saturated rings. The molecule has 1 aliphatic heterocycles. The number of carbonyl (C=O) groups is 2. The summed E-state index contributed by atoms with van der Waals surface area (Å²) in [6.45, 7) is 1.96. The van der Waals surface area contributed by atoms with E-state index in [0.717, 1.165) is 44.9 Å². The van der Waals surface area contributed by atoms with E-state index in [-0.39, 0.29) is 18.0 Å². The normalized spacial score (nSPS) is 19.4. The van der Waals surface area contributed by atoms with E-state index in [1.807, 2.05) is 4.90 Å². The largest absolute Gasteiger partial charge is 0.493 e. The molecule has 0 radical (unpaired) electrons. The average Bonchev–Trinajstić information content (AvgIpc) is 2.82. The lowest BCUT2D eigenvalue weighted by atomic mass is 9.91. The van der Waals surface area contributed by atoms with Gasteiger partial charge in [-0.15, -0.1) is 0 Å². The summed E-state index contributed by atoms with van der Waals surface area (Å²) in [5, 5.41) is 9.50. The van der Waals surface area contributed by atoms with E-state index < -0.39 is 6.09 Å². The lowest BCUT2D eigenvalue weighted by Crippen LogP contribution is -2.55. The second kappa shape index (κ2) is 11.9. The Morgan fingerprint density at radius 1 is 1.03 bits per heavy atom. The van der Waals surface area contributed by atoms with Crippen LogP contribution in [0.5, 0.6) is 11.5 Å². The van der Waals surface area contributed by atoms with Gasteiger partial charge in [-0.25, -0.2) is 4.79 Å². The average molecular weight is 449 g/mol. The number of methoxy groups -OCH3 is 2. The van der Waals surface area contributed by atoms with Crippen LogP contribution in [0, 0.1) is 0 Å². The fourth-order valence-corrected chi connectivity index (χ4v) is 4.80. The van der Waals surface area contributed by atoms with Gasteiger partial charge in [0.1, 0.15) is 0 Å². The molecule has 3 rings (SSSR count). The van der Waals surface area contributed by atoms with E-state index in [0.29, 0.717) is 43.4 Å². The van der Waals surface area contributed by atoms with Gasteiger partial charge in [0.2, 0.25) is 0 Å². The first-order valence-corrected chi connectivity index (χ1v) is 11.7. The highest BCUT2D eigenvalue weighted by atomic mass is 16.5. The fraction of sp³-hybridized carbons (Fsp3) is 0.667. The van der Waals surface area contributed by atoms with Gasteiger partial charge >= 0.3 is 6.09 Å². The number of likely N-dealkylation sites (tertiary alicyclic amines) is 1. The predicted molar refractivity (Wildman–Crippen MR) is 121 cm³/mol. The summed E-state index contributed by atoms with van der Waals surface area (Å²) in [4.78, 5) is 28.8. The number of amides is 2. The minimum Gasteiger partial charge on any atom is -0.493 e. The third-order valence-electron chi connectivity index (χ3n) is 6.42. The van der Waals surface area contributed by atoms with Crippen molar-refractivity contribution in [3.63, 3.8) is 0 Å². The Labute approximate surface area is 190 Å². The van der Waals surface area contributed by atoms with Gasteiger partial charge in [-0.3, -0.25) is 4.79 Å². The van der Waals surface area contributed by atoms with Gasteiger partial charge < -0.3 is 29.1 Å². The van der Waals surface area contributed by atoms with Crippen LogP contribution in [0.4, 0.5) is 4.79 Å². The molecule has 0 unspecified atom stereocenters. The van der Waals surface area contributed by atoms with E-state index in [4.69, 9.17) is 14.2 Å². The molecule has 8 heteroatoms. The second-order valence-corrected chi connectivity index (χ2v) is 8.59. The van der Waals surface area contributed by atoms with Crippen LogP contribution in [-0.2, 0) is 4.74 Å². The van der Waals surface area contributed by atoms with Crippen molar-refractivity contribution in [2.75, 3.05) is 40.5 Å². The third kappa shape index (κ3) is 6.06. The number of nitrogens with zero attached hydrogens (tertiary/aromatic N) is 2. The lowest BCUT2D eigenvalue weighted by molar-refractivity contribution is 0.0340. The molecule has 32 heavy (non-hydrogen) atoms. The number of hydrogen-bond donors (Lipinski definition) is 1. The summed E-state index contributed by atoms with van der Waals surface area (Å²) in [7, 11) is 3.23. The van der Waals surface area contributed by atoms with Crippen LogP contribution >= 0.6 is 0 Å². The fourth-order valence-electron chi connectivity index (χ4n) is 4.80. The Kier molecular flexibility index (Phi) is 9.02. The maximum atomic E-state index is 13.8. The molecule has 8 nitrogen and oxygen atoms in total. The molecule has 1 heterocycles. The Morgan fingerprint density at radius 3 is 2.47 bits per heavy atom. The molecule has 178 valence electrons. The maximum absolute atomic E-state index is 13.8. The van der Waals surface area contributed by atoms with E-state index in [9.17, 15) is 14.7 Å². The minimum atomic E-state index is -0.915. The van der Waals surface area contributed by atoms with Gasteiger partial charge in [-0.05, 0) is 43.9 Å². The predicted octanol–water partition coefficient (Wildman–Crippen LogP) is 4.03. The molecule has 2 amide bonds. The lowest BCUT2D eigenvalue weighted by Gasteiger charge is -2.43. The molecular weight excluding hydrogens is 412 g/mol. The van der Waals surface area contributed by atoms with Crippen molar-refractivity contribution in [2.45, 2.75) is 63.5 Å². The first kappa shape index (κ1) is 24.2. The van der Waals surface area contributed by atoms with Gasteiger partial charge in [-0.2, -0.15) is 0 Å². The first-order chi connectivity index (χ1) is 15.5. The zero-order valence-corrected chi connectivity index (χ0v) is 19.3. The molecule has 0 aromatic heterocycles. The molecule has 1 saturated carbocycles. The zero-order chi connectivity index (χ0) is 22.9. The summed E-state index contributed by atoms with van der Waals surface area (Å²) in [5.41, 5.74) is 0.547. The van der Waals surface area contributed by atoms with Crippen LogP contribution in [0.2, 0.25) is 0 Å². The maximum Gasteiger partial charge on any atom is 0.407 e. The van der Waals surface area contributed by atoms with Crippen molar-refractivity contribution in [1.29, 1.82) is 0 Å². The Balaban J connectivity index is 1.84. The number of rotatable bonds is 9. The number of carboxylic acid groups (broad SMARTS) is 1. The molecule has 1 aliphatic carbocycles. The van der Waals surface area contributed by atoms with Crippen molar-refractivity contribution in [3.05, 3.63) is 23.8 Å². The first-order valence-electron chi connectivity index (χ1n) is 11.7. The summed E-state index contributed by atoms with van der Waals surface area (Å²) in [6, 6.07) is 5.33. The van der Waals surface area contributed by atoms with Crippen LogP contribution in [-0.4, -0.2) is 79.5 Å². The molecule has 0 bridgehead atoms. The van der Waals surface area contributed by atoms with Gasteiger partial charge in [-0.1, -0.05) is 19.3 Å². The minimum absolute atomic E-state index is 0.0569. The smallest absolute Gasteiger partial charge is 0.407 e. The van der Waals surface area contributed by atoms with Crippen LogP contribution in [0.25, 0.3) is 0 Å². The van der Waals surface area contributed by atoms with E-state index in [2.05, 4.69) is 0 Å². The molecule has 1 atom stereocenters. The van der Waals surface area contributed by atoms with Crippen molar-refractivity contribution < 1.29 is 28.9 Å². The van der Waals surface area contributed by atoms with Gasteiger partial charge in [0, 0.05) is 44.8 Å². The van der Waals surface area contributed by atoms with Crippen molar-refractivity contribution in [1.82, 2.24) is 9.80 Å². The molecule has 1 N–H and O–H groups in total. The van der Waals surface area contributed by atoms with E-state index >= 15 is 0 Å². The monoisotopic (exact) mass is 448 g/mol.